The first kappa shape index (κ1) is 13.0. The second kappa shape index (κ2) is 8.17. The van der Waals surface area contributed by atoms with Crippen molar-refractivity contribution in [2.75, 3.05) is 19.7 Å². The number of unbranched alkanes of at least 4 members (excludes halogenated alkanes) is 2. The van der Waals surface area contributed by atoms with E-state index in [0.29, 0.717) is 0 Å². The van der Waals surface area contributed by atoms with Crippen molar-refractivity contribution in [3.63, 3.8) is 0 Å². The average Bonchev–Trinajstić information content (AvgIpc) is 2.28. The van der Waals surface area contributed by atoms with Gasteiger partial charge in [0.1, 0.15) is 12.4 Å². The molecular weight excluding hydrogens is 198 g/mol. The van der Waals surface area contributed by atoms with Crippen molar-refractivity contribution >= 4 is 0 Å². The third-order valence-corrected chi connectivity index (χ3v) is 2.49. The summed E-state index contributed by atoms with van der Waals surface area (Å²) in [7, 11) is 0. The lowest BCUT2D eigenvalue weighted by atomic mass is 10.2. The Balaban J connectivity index is 2.03. The minimum atomic E-state index is 0.746. The topological polar surface area (TPSA) is 21.3 Å². The number of ether oxygens (including phenoxy) is 1. The molecule has 0 radical (unpaired) electrons. The molecule has 90 valence electrons. The quantitative estimate of drug-likeness (QED) is 0.681. The molecule has 16 heavy (non-hydrogen) atoms. The second-order valence-electron chi connectivity index (χ2n) is 4.12. The Bertz CT molecular complexity index is 286. The average molecular weight is 221 g/mol. The van der Waals surface area contributed by atoms with E-state index in [1.165, 1.54) is 24.8 Å². The number of benzene rings is 1. The van der Waals surface area contributed by atoms with Gasteiger partial charge in [0.05, 0.1) is 0 Å². The molecule has 0 bridgehead atoms. The van der Waals surface area contributed by atoms with Crippen LogP contribution in [-0.4, -0.2) is 19.7 Å². The van der Waals surface area contributed by atoms with Gasteiger partial charge in [0.15, 0.2) is 0 Å². The smallest absolute Gasteiger partial charge is 0.119 e. The molecular formula is C14H23NO. The van der Waals surface area contributed by atoms with Crippen LogP contribution in [0, 0.1) is 6.92 Å². The lowest BCUT2D eigenvalue weighted by Crippen LogP contribution is -2.22. The van der Waals surface area contributed by atoms with Crippen LogP contribution >= 0.6 is 0 Å². The molecule has 0 aliphatic heterocycles. The zero-order chi connectivity index (χ0) is 11.6. The summed E-state index contributed by atoms with van der Waals surface area (Å²) in [6.45, 7) is 7.08. The third-order valence-electron chi connectivity index (χ3n) is 2.49. The minimum Gasteiger partial charge on any atom is -0.492 e. The normalized spacial score (nSPS) is 10.4. The van der Waals surface area contributed by atoms with Gasteiger partial charge in [0.25, 0.3) is 0 Å². The summed E-state index contributed by atoms with van der Waals surface area (Å²) in [6.07, 6.45) is 3.86. The molecule has 1 aromatic carbocycles. The van der Waals surface area contributed by atoms with E-state index < -0.39 is 0 Å². The van der Waals surface area contributed by atoms with Crippen LogP contribution < -0.4 is 10.1 Å². The van der Waals surface area contributed by atoms with Crippen LogP contribution in [0.25, 0.3) is 0 Å². The summed E-state index contributed by atoms with van der Waals surface area (Å²) in [5.74, 6) is 0.968. The molecule has 2 nitrogen and oxygen atoms in total. The Labute approximate surface area is 99.0 Å². The molecule has 0 aliphatic rings. The number of nitrogens with one attached hydrogen (secondary N) is 1. The summed E-state index contributed by atoms with van der Waals surface area (Å²) in [6, 6.07) is 8.18. The lowest BCUT2D eigenvalue weighted by Gasteiger charge is -2.07. The molecule has 1 N–H and O–H groups in total. The fraction of sp³-hybridized carbons (Fsp3) is 0.571. The number of rotatable bonds is 8. The van der Waals surface area contributed by atoms with E-state index in [9.17, 15) is 0 Å². The van der Waals surface area contributed by atoms with Gasteiger partial charge >= 0.3 is 0 Å². The summed E-state index contributed by atoms with van der Waals surface area (Å²) in [5.41, 5.74) is 1.24. The first-order valence-electron chi connectivity index (χ1n) is 6.23. The van der Waals surface area contributed by atoms with Crippen LogP contribution in [0.1, 0.15) is 31.7 Å². The molecule has 1 aromatic rings. The maximum atomic E-state index is 5.63. The van der Waals surface area contributed by atoms with Crippen LogP contribution in [0.3, 0.4) is 0 Å². The van der Waals surface area contributed by atoms with Gasteiger partial charge in [-0.2, -0.15) is 0 Å². The maximum absolute atomic E-state index is 5.63. The van der Waals surface area contributed by atoms with Gasteiger partial charge in [-0.15, -0.1) is 0 Å². The first-order valence-corrected chi connectivity index (χ1v) is 6.23. The van der Waals surface area contributed by atoms with Gasteiger partial charge in [-0.05, 0) is 37.6 Å². The van der Waals surface area contributed by atoms with Gasteiger partial charge < -0.3 is 10.1 Å². The largest absolute Gasteiger partial charge is 0.492 e. The summed E-state index contributed by atoms with van der Waals surface area (Å²) in [4.78, 5) is 0. The predicted octanol–water partition coefficient (Wildman–Crippen LogP) is 3.15. The maximum Gasteiger partial charge on any atom is 0.119 e. The van der Waals surface area contributed by atoms with Crippen molar-refractivity contribution in [3.05, 3.63) is 29.8 Å². The summed E-state index contributed by atoms with van der Waals surface area (Å²) >= 11 is 0. The van der Waals surface area contributed by atoms with Crippen LogP contribution in [0.5, 0.6) is 5.75 Å². The third kappa shape index (κ3) is 5.76. The predicted molar refractivity (Wildman–Crippen MR) is 69.1 cm³/mol. The molecule has 0 atom stereocenters. The fourth-order valence-electron chi connectivity index (χ4n) is 1.57. The van der Waals surface area contributed by atoms with Gasteiger partial charge in [-0.1, -0.05) is 31.9 Å². The van der Waals surface area contributed by atoms with E-state index in [0.717, 1.165) is 25.4 Å². The molecule has 0 aromatic heterocycles. The van der Waals surface area contributed by atoms with Crippen LogP contribution in [0.2, 0.25) is 0 Å². The van der Waals surface area contributed by atoms with Crippen LogP contribution in [0.4, 0.5) is 0 Å². The minimum absolute atomic E-state index is 0.746. The second-order valence-corrected chi connectivity index (χ2v) is 4.12. The molecule has 1 rings (SSSR count). The van der Waals surface area contributed by atoms with Gasteiger partial charge in [0, 0.05) is 6.54 Å². The molecule has 0 unspecified atom stereocenters. The highest BCUT2D eigenvalue weighted by Gasteiger charge is 1.93. The van der Waals surface area contributed by atoms with E-state index in [4.69, 9.17) is 4.74 Å². The van der Waals surface area contributed by atoms with Crippen molar-refractivity contribution in [3.8, 4) is 5.75 Å². The van der Waals surface area contributed by atoms with Crippen molar-refractivity contribution in [2.24, 2.45) is 0 Å². The van der Waals surface area contributed by atoms with E-state index in [1.54, 1.807) is 0 Å². The van der Waals surface area contributed by atoms with E-state index in [2.05, 4.69) is 31.3 Å². The van der Waals surface area contributed by atoms with Crippen molar-refractivity contribution in [1.82, 2.24) is 5.32 Å². The summed E-state index contributed by atoms with van der Waals surface area (Å²) < 4.78 is 5.63. The molecule has 0 saturated heterocycles. The van der Waals surface area contributed by atoms with Crippen LogP contribution in [-0.2, 0) is 0 Å². The highest BCUT2D eigenvalue weighted by Crippen LogP contribution is 2.11. The highest BCUT2D eigenvalue weighted by molar-refractivity contribution is 5.27. The molecule has 0 heterocycles. The lowest BCUT2D eigenvalue weighted by molar-refractivity contribution is 0.313. The van der Waals surface area contributed by atoms with Crippen molar-refractivity contribution in [2.45, 2.75) is 33.1 Å². The molecule has 0 saturated carbocycles. The van der Waals surface area contributed by atoms with E-state index in [1.807, 2.05) is 12.1 Å². The van der Waals surface area contributed by atoms with E-state index >= 15 is 0 Å². The number of hydrogen-bond donors (Lipinski definition) is 1. The van der Waals surface area contributed by atoms with Crippen LogP contribution in [0.15, 0.2) is 24.3 Å². The number of aryl methyl sites for hydroxylation is 1. The molecule has 0 fully saturated rings. The van der Waals surface area contributed by atoms with Crippen molar-refractivity contribution < 1.29 is 4.74 Å². The standard InChI is InChI=1S/C14H23NO/c1-3-4-5-9-15-10-11-16-14-8-6-7-13(2)12-14/h6-8,12,15H,3-5,9-11H2,1-2H3. The fourth-order valence-corrected chi connectivity index (χ4v) is 1.57. The first-order chi connectivity index (χ1) is 7.83. The Morgan fingerprint density at radius 2 is 2.06 bits per heavy atom. The zero-order valence-electron chi connectivity index (χ0n) is 10.5. The SMILES string of the molecule is CCCCCNCCOc1cccc(C)c1. The molecule has 0 spiro atoms. The van der Waals surface area contributed by atoms with Crippen molar-refractivity contribution in [1.29, 1.82) is 0 Å². The Hall–Kier alpha value is -1.02. The molecule has 0 aliphatic carbocycles. The number of hydrogen-bond acceptors (Lipinski definition) is 2. The molecule has 0 amide bonds. The Morgan fingerprint density at radius 1 is 1.19 bits per heavy atom. The Morgan fingerprint density at radius 3 is 2.81 bits per heavy atom. The monoisotopic (exact) mass is 221 g/mol. The Kier molecular flexibility index (Phi) is 6.66. The zero-order valence-corrected chi connectivity index (χ0v) is 10.5. The van der Waals surface area contributed by atoms with Gasteiger partial charge in [0.2, 0.25) is 0 Å². The van der Waals surface area contributed by atoms with Gasteiger partial charge in [-0.25, -0.2) is 0 Å². The van der Waals surface area contributed by atoms with Gasteiger partial charge in [-0.3, -0.25) is 0 Å². The van der Waals surface area contributed by atoms with E-state index in [-0.39, 0.29) is 0 Å². The summed E-state index contributed by atoms with van der Waals surface area (Å²) in [5, 5.41) is 3.38. The molecule has 2 heteroatoms. The highest BCUT2D eigenvalue weighted by atomic mass is 16.5.